The minimum Gasteiger partial charge on any atom is -0.257 e. The molecule has 0 unspecified atom stereocenters. The quantitative estimate of drug-likeness (QED) is 0.585. The molecule has 4 rings (SSSR count). The lowest BCUT2D eigenvalue weighted by atomic mass is 10.1. The predicted molar refractivity (Wildman–Crippen MR) is 101 cm³/mol. The minimum atomic E-state index is 0.292. The smallest absolute Gasteiger partial charge is 0.0923 e. The number of hydrogen-bond donors (Lipinski definition) is 0. The summed E-state index contributed by atoms with van der Waals surface area (Å²) < 4.78 is 0. The first kappa shape index (κ1) is 14.4. The second-order valence-corrected chi connectivity index (χ2v) is 7.31. The molecule has 2 aromatic heterocycles. The first-order valence-corrected chi connectivity index (χ1v) is 9.33. The maximum atomic E-state index is 4.87. The second-order valence-electron chi connectivity index (χ2n) is 5.36. The molecule has 1 aliphatic heterocycles. The Bertz CT molecular complexity index is 802. The van der Waals surface area contributed by atoms with Gasteiger partial charge in [-0.3, -0.25) is 5.01 Å². The van der Waals surface area contributed by atoms with Crippen LogP contribution in [0.3, 0.4) is 0 Å². The molecule has 114 valence electrons. The second kappa shape index (κ2) is 6.52. The molecule has 4 heteroatoms. The highest BCUT2D eigenvalue weighted by molar-refractivity contribution is 7.10. The van der Waals surface area contributed by atoms with Crippen LogP contribution in [0.25, 0.3) is 6.08 Å². The van der Waals surface area contributed by atoms with Crippen LogP contribution in [-0.4, -0.2) is 5.71 Å². The van der Waals surface area contributed by atoms with Crippen LogP contribution in [0.4, 0.5) is 5.69 Å². The van der Waals surface area contributed by atoms with Crippen LogP contribution in [0, 0.1) is 0 Å². The Hall–Kier alpha value is -2.17. The molecule has 3 heterocycles. The molecule has 0 spiro atoms. The van der Waals surface area contributed by atoms with Crippen molar-refractivity contribution in [1.82, 2.24) is 0 Å². The number of rotatable bonds is 4. The number of allylic oxidation sites excluding steroid dienone is 1. The van der Waals surface area contributed by atoms with Gasteiger partial charge in [0.25, 0.3) is 0 Å². The van der Waals surface area contributed by atoms with Crippen LogP contribution < -0.4 is 5.01 Å². The average molecular weight is 336 g/mol. The van der Waals surface area contributed by atoms with Crippen molar-refractivity contribution < 1.29 is 0 Å². The van der Waals surface area contributed by atoms with Gasteiger partial charge in [0.2, 0.25) is 0 Å². The van der Waals surface area contributed by atoms with Crippen molar-refractivity contribution in [2.45, 2.75) is 12.5 Å². The molecule has 0 saturated carbocycles. The fourth-order valence-corrected chi connectivity index (χ4v) is 4.15. The van der Waals surface area contributed by atoms with Crippen LogP contribution in [0.1, 0.15) is 22.2 Å². The molecule has 1 aromatic carbocycles. The van der Waals surface area contributed by atoms with Gasteiger partial charge in [0, 0.05) is 16.2 Å². The standard InChI is InChI=1S/C19H16N2S2/c1-2-6-16(7-3-1)21-18(19-9-5-13-23-19)14-15(20-21)10-11-17-8-4-12-22-17/h1-13,18H,14H2/b11-10+/t18-/m0/s1. The molecule has 0 fully saturated rings. The highest BCUT2D eigenvalue weighted by Crippen LogP contribution is 2.37. The Balaban J connectivity index is 1.64. The van der Waals surface area contributed by atoms with Crippen molar-refractivity contribution in [2.24, 2.45) is 5.10 Å². The molecule has 0 radical (unpaired) electrons. The summed E-state index contributed by atoms with van der Waals surface area (Å²) in [6.07, 6.45) is 5.25. The molecule has 1 atom stereocenters. The third-order valence-electron chi connectivity index (χ3n) is 3.81. The van der Waals surface area contributed by atoms with Crippen LogP contribution in [-0.2, 0) is 0 Å². The van der Waals surface area contributed by atoms with Crippen molar-refractivity contribution in [1.29, 1.82) is 0 Å². The third-order valence-corrected chi connectivity index (χ3v) is 5.62. The number of para-hydroxylation sites is 1. The first-order valence-electron chi connectivity index (χ1n) is 7.57. The van der Waals surface area contributed by atoms with Gasteiger partial charge in [-0.1, -0.05) is 30.3 Å². The summed E-state index contributed by atoms with van der Waals surface area (Å²) in [4.78, 5) is 2.62. The van der Waals surface area contributed by atoms with Gasteiger partial charge < -0.3 is 0 Å². The predicted octanol–water partition coefficient (Wildman–Crippen LogP) is 5.83. The zero-order chi connectivity index (χ0) is 15.5. The number of nitrogens with zero attached hydrogens (tertiary/aromatic N) is 2. The van der Waals surface area contributed by atoms with E-state index in [0.717, 1.165) is 17.8 Å². The normalized spacial score (nSPS) is 17.8. The number of benzene rings is 1. The van der Waals surface area contributed by atoms with Crippen molar-refractivity contribution in [3.8, 4) is 0 Å². The van der Waals surface area contributed by atoms with Crippen molar-refractivity contribution in [3.63, 3.8) is 0 Å². The van der Waals surface area contributed by atoms with E-state index >= 15 is 0 Å². The lowest BCUT2D eigenvalue weighted by Crippen LogP contribution is -2.17. The number of thiophene rings is 2. The third kappa shape index (κ3) is 3.14. The maximum absolute atomic E-state index is 4.87. The molecule has 0 aliphatic carbocycles. The van der Waals surface area contributed by atoms with Crippen molar-refractivity contribution in [3.05, 3.63) is 81.2 Å². The fraction of sp³-hybridized carbons (Fsp3) is 0.105. The van der Waals surface area contributed by atoms with E-state index in [1.165, 1.54) is 9.75 Å². The van der Waals surface area contributed by atoms with E-state index < -0.39 is 0 Å². The Morgan fingerprint density at radius 3 is 2.48 bits per heavy atom. The molecule has 23 heavy (non-hydrogen) atoms. The van der Waals surface area contributed by atoms with Crippen molar-refractivity contribution >= 4 is 40.1 Å². The van der Waals surface area contributed by atoms with Crippen LogP contribution >= 0.6 is 22.7 Å². The fourth-order valence-electron chi connectivity index (χ4n) is 2.72. The van der Waals surface area contributed by atoms with Gasteiger partial charge in [-0.2, -0.15) is 5.10 Å². The lowest BCUT2D eigenvalue weighted by molar-refractivity contribution is 0.722. The minimum absolute atomic E-state index is 0.292. The van der Waals surface area contributed by atoms with E-state index in [0.29, 0.717) is 6.04 Å². The zero-order valence-electron chi connectivity index (χ0n) is 12.5. The van der Waals surface area contributed by atoms with E-state index in [1.54, 1.807) is 22.7 Å². The highest BCUT2D eigenvalue weighted by Gasteiger charge is 2.28. The summed E-state index contributed by atoms with van der Waals surface area (Å²) in [5.74, 6) is 0. The Kier molecular flexibility index (Phi) is 4.09. The Morgan fingerprint density at radius 1 is 0.913 bits per heavy atom. The lowest BCUT2D eigenvalue weighted by Gasteiger charge is -2.22. The van der Waals surface area contributed by atoms with E-state index in [-0.39, 0.29) is 0 Å². The van der Waals surface area contributed by atoms with Crippen LogP contribution in [0.15, 0.2) is 76.5 Å². The van der Waals surface area contributed by atoms with Crippen molar-refractivity contribution in [2.75, 3.05) is 5.01 Å². The van der Waals surface area contributed by atoms with E-state index in [9.17, 15) is 0 Å². The summed E-state index contributed by atoms with van der Waals surface area (Å²) in [6.45, 7) is 0. The van der Waals surface area contributed by atoms with Gasteiger partial charge in [-0.05, 0) is 47.2 Å². The molecular formula is C19H16N2S2. The molecule has 0 bridgehead atoms. The van der Waals surface area contributed by atoms with Gasteiger partial charge >= 0.3 is 0 Å². The van der Waals surface area contributed by atoms with Gasteiger partial charge in [0.05, 0.1) is 17.4 Å². The van der Waals surface area contributed by atoms with E-state index in [1.807, 2.05) is 6.07 Å². The van der Waals surface area contributed by atoms with E-state index in [4.69, 9.17) is 5.10 Å². The van der Waals surface area contributed by atoms with Gasteiger partial charge in [0.15, 0.2) is 0 Å². The Labute approximate surface area is 144 Å². The van der Waals surface area contributed by atoms with Gasteiger partial charge in [0.1, 0.15) is 0 Å². The Morgan fingerprint density at radius 2 is 1.74 bits per heavy atom. The summed E-state index contributed by atoms with van der Waals surface area (Å²) in [6, 6.07) is 19.2. The summed E-state index contributed by atoms with van der Waals surface area (Å²) in [5.41, 5.74) is 2.27. The van der Waals surface area contributed by atoms with Gasteiger partial charge in [-0.15, -0.1) is 22.7 Å². The summed E-state index contributed by atoms with van der Waals surface area (Å²) >= 11 is 3.55. The molecule has 0 amide bonds. The maximum Gasteiger partial charge on any atom is 0.0923 e. The van der Waals surface area contributed by atoms with E-state index in [2.05, 4.69) is 76.5 Å². The summed E-state index contributed by atoms with van der Waals surface area (Å²) in [7, 11) is 0. The highest BCUT2D eigenvalue weighted by atomic mass is 32.1. The number of anilines is 1. The number of hydrogen-bond acceptors (Lipinski definition) is 4. The molecule has 3 aromatic rings. The summed E-state index contributed by atoms with van der Waals surface area (Å²) in [5, 5.41) is 11.3. The molecule has 2 nitrogen and oxygen atoms in total. The monoisotopic (exact) mass is 336 g/mol. The molecular weight excluding hydrogens is 320 g/mol. The SMILES string of the molecule is C(=C\c1cccs1)/C1=NN(c2ccccc2)[C@H](c2cccs2)C1. The largest absolute Gasteiger partial charge is 0.257 e. The molecule has 0 N–H and O–H groups in total. The zero-order valence-corrected chi connectivity index (χ0v) is 14.1. The van der Waals surface area contributed by atoms with Crippen LogP contribution in [0.2, 0.25) is 0 Å². The topological polar surface area (TPSA) is 15.6 Å². The average Bonchev–Trinajstić information content (AvgIpc) is 3.33. The van der Waals surface area contributed by atoms with Gasteiger partial charge in [-0.25, -0.2) is 0 Å². The molecule has 0 saturated heterocycles. The van der Waals surface area contributed by atoms with Crippen LogP contribution in [0.5, 0.6) is 0 Å². The molecule has 1 aliphatic rings. The first-order chi connectivity index (χ1) is 11.4. The number of hydrazone groups is 1.